The van der Waals surface area contributed by atoms with Crippen LogP contribution in [0, 0.1) is 5.82 Å². The van der Waals surface area contributed by atoms with Crippen LogP contribution >= 0.6 is 0 Å². The molecule has 23 heavy (non-hydrogen) atoms. The number of halogens is 4. The quantitative estimate of drug-likeness (QED) is 0.734. The van der Waals surface area contributed by atoms with Crippen LogP contribution in [0.3, 0.4) is 0 Å². The fourth-order valence-corrected chi connectivity index (χ4v) is 1.99. The summed E-state index contributed by atoms with van der Waals surface area (Å²) >= 11 is 0. The zero-order valence-electron chi connectivity index (χ0n) is 11.2. The maximum atomic E-state index is 13.9. The predicted octanol–water partition coefficient (Wildman–Crippen LogP) is 3.25. The van der Waals surface area contributed by atoms with Crippen LogP contribution in [-0.2, 0) is 6.18 Å². The Bertz CT molecular complexity index is 915. The molecule has 0 unspecified atom stereocenters. The second kappa shape index (κ2) is 5.34. The van der Waals surface area contributed by atoms with Crippen molar-refractivity contribution in [2.24, 2.45) is 0 Å². The van der Waals surface area contributed by atoms with Crippen LogP contribution < -0.4 is 5.76 Å². The SMILES string of the molecule is O=c1[nH]c(-c2cc(-c3cc(C(F)(F)F)ccc3F)ccn2)no1. The van der Waals surface area contributed by atoms with E-state index in [-0.39, 0.29) is 22.6 Å². The molecule has 0 spiro atoms. The van der Waals surface area contributed by atoms with Crippen LogP contribution in [0.2, 0.25) is 0 Å². The van der Waals surface area contributed by atoms with Gasteiger partial charge in [0.25, 0.3) is 0 Å². The minimum atomic E-state index is -4.59. The molecule has 2 heterocycles. The van der Waals surface area contributed by atoms with E-state index >= 15 is 0 Å². The highest BCUT2D eigenvalue weighted by molar-refractivity contribution is 5.69. The Kier molecular flexibility index (Phi) is 3.47. The number of aromatic amines is 1. The molecule has 2 aromatic heterocycles. The largest absolute Gasteiger partial charge is 0.439 e. The van der Waals surface area contributed by atoms with Gasteiger partial charge in [0.2, 0.25) is 5.82 Å². The van der Waals surface area contributed by atoms with Crippen molar-refractivity contribution in [1.82, 2.24) is 15.1 Å². The van der Waals surface area contributed by atoms with Crippen LogP contribution in [0.5, 0.6) is 0 Å². The Hall–Kier alpha value is -2.97. The highest BCUT2D eigenvalue weighted by atomic mass is 19.4. The van der Waals surface area contributed by atoms with Crippen molar-refractivity contribution in [3.05, 3.63) is 58.5 Å². The van der Waals surface area contributed by atoms with E-state index in [9.17, 15) is 22.4 Å². The van der Waals surface area contributed by atoms with Crippen LogP contribution in [0.25, 0.3) is 22.6 Å². The Morgan fingerprint density at radius 1 is 1.13 bits per heavy atom. The van der Waals surface area contributed by atoms with Gasteiger partial charge in [-0.2, -0.15) is 13.2 Å². The maximum absolute atomic E-state index is 13.9. The van der Waals surface area contributed by atoms with E-state index in [1.54, 1.807) is 0 Å². The van der Waals surface area contributed by atoms with E-state index in [4.69, 9.17) is 0 Å². The second-order valence-corrected chi connectivity index (χ2v) is 4.57. The van der Waals surface area contributed by atoms with Crippen molar-refractivity contribution >= 4 is 0 Å². The first kappa shape index (κ1) is 14.9. The molecule has 0 radical (unpaired) electrons. The maximum Gasteiger partial charge on any atom is 0.439 e. The van der Waals surface area contributed by atoms with Gasteiger partial charge in [-0.05, 0) is 35.9 Å². The average Bonchev–Trinajstić information content (AvgIpc) is 2.93. The van der Waals surface area contributed by atoms with Crippen molar-refractivity contribution in [1.29, 1.82) is 0 Å². The van der Waals surface area contributed by atoms with E-state index in [1.807, 2.05) is 0 Å². The van der Waals surface area contributed by atoms with Crippen LogP contribution in [0.1, 0.15) is 5.56 Å². The summed E-state index contributed by atoms with van der Waals surface area (Å²) in [5.74, 6) is -1.63. The number of H-pyrrole nitrogens is 1. The summed E-state index contributed by atoms with van der Waals surface area (Å²) in [6, 6.07) is 4.76. The predicted molar refractivity (Wildman–Crippen MR) is 70.8 cm³/mol. The van der Waals surface area contributed by atoms with Crippen molar-refractivity contribution in [3.8, 4) is 22.6 Å². The molecule has 0 fully saturated rings. The van der Waals surface area contributed by atoms with Gasteiger partial charge in [-0.3, -0.25) is 14.5 Å². The minimum absolute atomic E-state index is 0.00997. The highest BCUT2D eigenvalue weighted by Crippen LogP contribution is 2.34. The van der Waals surface area contributed by atoms with Gasteiger partial charge < -0.3 is 0 Å². The molecule has 0 aliphatic heterocycles. The molecule has 3 rings (SSSR count). The zero-order chi connectivity index (χ0) is 16.6. The van der Waals surface area contributed by atoms with Crippen LogP contribution in [-0.4, -0.2) is 15.1 Å². The molecule has 0 aliphatic rings. The summed E-state index contributed by atoms with van der Waals surface area (Å²) in [6.07, 6.45) is -3.33. The van der Waals surface area contributed by atoms with Crippen LogP contribution in [0.4, 0.5) is 17.6 Å². The first-order chi connectivity index (χ1) is 10.8. The molecule has 0 amide bonds. The molecule has 0 saturated carbocycles. The Morgan fingerprint density at radius 3 is 2.57 bits per heavy atom. The van der Waals surface area contributed by atoms with Gasteiger partial charge in [0.05, 0.1) is 5.56 Å². The van der Waals surface area contributed by atoms with E-state index in [2.05, 4.69) is 19.6 Å². The minimum Gasteiger partial charge on any atom is -0.296 e. The molecular formula is C14H7F4N3O2. The number of benzene rings is 1. The lowest BCUT2D eigenvalue weighted by Gasteiger charge is -2.10. The summed E-state index contributed by atoms with van der Waals surface area (Å²) in [4.78, 5) is 17.1. The van der Waals surface area contributed by atoms with Crippen LogP contribution in [0.15, 0.2) is 45.8 Å². The van der Waals surface area contributed by atoms with Crippen molar-refractivity contribution in [2.75, 3.05) is 0 Å². The fourth-order valence-electron chi connectivity index (χ4n) is 1.99. The topological polar surface area (TPSA) is 71.8 Å². The summed E-state index contributed by atoms with van der Waals surface area (Å²) in [6.45, 7) is 0. The molecule has 0 atom stereocenters. The van der Waals surface area contributed by atoms with E-state index in [1.165, 1.54) is 18.3 Å². The second-order valence-electron chi connectivity index (χ2n) is 4.57. The summed E-state index contributed by atoms with van der Waals surface area (Å²) in [5.41, 5.74) is -0.927. The molecular weight excluding hydrogens is 318 g/mol. The first-order valence-electron chi connectivity index (χ1n) is 6.24. The number of nitrogens with zero attached hydrogens (tertiary/aromatic N) is 2. The smallest absolute Gasteiger partial charge is 0.296 e. The Morgan fingerprint density at radius 2 is 1.91 bits per heavy atom. The number of pyridine rings is 1. The number of rotatable bonds is 2. The normalized spacial score (nSPS) is 11.7. The lowest BCUT2D eigenvalue weighted by molar-refractivity contribution is -0.137. The van der Waals surface area contributed by atoms with Gasteiger partial charge in [0.1, 0.15) is 11.5 Å². The number of alkyl halides is 3. The summed E-state index contributed by atoms with van der Waals surface area (Å²) in [7, 11) is 0. The average molecular weight is 325 g/mol. The number of nitrogens with one attached hydrogen (secondary N) is 1. The molecule has 3 aromatic rings. The highest BCUT2D eigenvalue weighted by Gasteiger charge is 2.31. The Labute approximate surface area is 125 Å². The Balaban J connectivity index is 2.10. The third-order valence-corrected chi connectivity index (χ3v) is 3.05. The van der Waals surface area contributed by atoms with Crippen molar-refractivity contribution in [2.45, 2.75) is 6.18 Å². The standard InChI is InChI=1S/C14H7F4N3O2/c15-10-2-1-8(14(16,17)18)6-9(10)7-3-4-19-11(5-7)12-20-13(22)23-21-12/h1-6H,(H,20,21,22). The first-order valence-corrected chi connectivity index (χ1v) is 6.24. The number of hydrogen-bond donors (Lipinski definition) is 1. The molecule has 118 valence electrons. The van der Waals surface area contributed by atoms with E-state index in [0.717, 1.165) is 6.07 Å². The fraction of sp³-hybridized carbons (Fsp3) is 0.0714. The molecule has 1 aromatic carbocycles. The number of hydrogen-bond acceptors (Lipinski definition) is 4. The lowest BCUT2D eigenvalue weighted by atomic mass is 10.0. The van der Waals surface area contributed by atoms with Gasteiger partial charge in [0, 0.05) is 11.8 Å². The van der Waals surface area contributed by atoms with E-state index in [0.29, 0.717) is 12.1 Å². The van der Waals surface area contributed by atoms with Crippen molar-refractivity contribution < 1.29 is 22.1 Å². The third-order valence-electron chi connectivity index (χ3n) is 3.05. The van der Waals surface area contributed by atoms with Gasteiger partial charge >= 0.3 is 11.9 Å². The third kappa shape index (κ3) is 2.98. The monoisotopic (exact) mass is 325 g/mol. The van der Waals surface area contributed by atoms with E-state index < -0.39 is 23.3 Å². The summed E-state index contributed by atoms with van der Waals surface area (Å²) < 4.78 is 56.5. The van der Waals surface area contributed by atoms with Gasteiger partial charge in [-0.15, -0.1) is 0 Å². The van der Waals surface area contributed by atoms with Gasteiger partial charge in [-0.1, -0.05) is 5.16 Å². The molecule has 0 saturated heterocycles. The van der Waals surface area contributed by atoms with Gasteiger partial charge in [-0.25, -0.2) is 9.18 Å². The molecule has 0 bridgehead atoms. The lowest BCUT2D eigenvalue weighted by Crippen LogP contribution is -2.05. The molecule has 1 N–H and O–H groups in total. The molecule has 5 nitrogen and oxygen atoms in total. The van der Waals surface area contributed by atoms with Crippen molar-refractivity contribution in [3.63, 3.8) is 0 Å². The molecule has 9 heteroatoms. The molecule has 0 aliphatic carbocycles. The zero-order valence-corrected chi connectivity index (χ0v) is 11.2. The summed E-state index contributed by atoms with van der Waals surface area (Å²) in [5, 5.41) is 3.42. The number of aromatic nitrogens is 3. The van der Waals surface area contributed by atoms with Gasteiger partial charge in [0.15, 0.2) is 0 Å².